The molecule has 0 saturated heterocycles. The molecule has 1 aromatic heterocycles. The summed E-state index contributed by atoms with van der Waals surface area (Å²) in [6.07, 6.45) is 1.67. The van der Waals surface area contributed by atoms with Crippen molar-refractivity contribution in [3.63, 3.8) is 0 Å². The minimum absolute atomic E-state index is 0.145. The Labute approximate surface area is 123 Å². The number of benzene rings is 1. The molecule has 0 aliphatic heterocycles. The van der Waals surface area contributed by atoms with Gasteiger partial charge < -0.3 is 15.4 Å². The highest BCUT2D eigenvalue weighted by molar-refractivity contribution is 5.41. The lowest BCUT2D eigenvalue weighted by Gasteiger charge is -2.17. The van der Waals surface area contributed by atoms with Crippen molar-refractivity contribution >= 4 is 5.69 Å². The Hall–Kier alpha value is -2.34. The van der Waals surface area contributed by atoms with Gasteiger partial charge in [-0.1, -0.05) is 18.2 Å². The average Bonchev–Trinajstić information content (AvgIpc) is 2.50. The predicted molar refractivity (Wildman–Crippen MR) is 82.8 cm³/mol. The van der Waals surface area contributed by atoms with E-state index in [-0.39, 0.29) is 5.56 Å². The largest absolute Gasteiger partial charge is 0.492 e. The van der Waals surface area contributed by atoms with Crippen molar-refractivity contribution in [2.24, 2.45) is 5.73 Å². The SMILES string of the molecule is CN(CCN)c1cnn(CCOc2ccccc2)c(=O)c1. The number of para-hydroxylation sites is 1. The number of nitrogens with two attached hydrogens (primary N) is 1. The Morgan fingerprint density at radius 2 is 2.10 bits per heavy atom. The third-order valence-corrected chi connectivity index (χ3v) is 3.08. The molecule has 2 aromatic rings. The summed E-state index contributed by atoms with van der Waals surface area (Å²) in [6.45, 7) is 2.02. The molecule has 0 unspecified atom stereocenters. The van der Waals surface area contributed by atoms with Gasteiger partial charge in [0.15, 0.2) is 0 Å². The van der Waals surface area contributed by atoms with E-state index in [9.17, 15) is 4.79 Å². The van der Waals surface area contributed by atoms with Crippen LogP contribution in [-0.4, -0.2) is 36.5 Å². The first-order chi connectivity index (χ1) is 10.2. The van der Waals surface area contributed by atoms with Gasteiger partial charge in [-0.25, -0.2) is 4.68 Å². The fourth-order valence-electron chi connectivity index (χ4n) is 1.89. The Balaban J connectivity index is 1.93. The van der Waals surface area contributed by atoms with E-state index < -0.39 is 0 Å². The molecule has 1 aromatic carbocycles. The third kappa shape index (κ3) is 4.32. The van der Waals surface area contributed by atoms with E-state index in [1.165, 1.54) is 4.68 Å². The van der Waals surface area contributed by atoms with Crippen LogP contribution in [0.4, 0.5) is 5.69 Å². The standard InChI is InChI=1S/C15H20N4O2/c1-18(8-7-16)13-11-15(20)19(17-12-13)9-10-21-14-5-3-2-4-6-14/h2-6,11-12H,7-10,16H2,1H3. The highest BCUT2D eigenvalue weighted by Gasteiger charge is 2.04. The van der Waals surface area contributed by atoms with Crippen LogP contribution in [0.1, 0.15) is 0 Å². The normalized spacial score (nSPS) is 10.4. The van der Waals surface area contributed by atoms with Crippen LogP contribution in [-0.2, 0) is 6.54 Å². The number of aromatic nitrogens is 2. The summed E-state index contributed by atoms with van der Waals surface area (Å²) < 4.78 is 6.95. The van der Waals surface area contributed by atoms with E-state index in [0.29, 0.717) is 26.2 Å². The summed E-state index contributed by atoms with van der Waals surface area (Å²) in [4.78, 5) is 13.9. The maximum Gasteiger partial charge on any atom is 0.268 e. The van der Waals surface area contributed by atoms with Crippen LogP contribution in [0.25, 0.3) is 0 Å². The molecule has 0 atom stereocenters. The van der Waals surface area contributed by atoms with Gasteiger partial charge in [0.2, 0.25) is 0 Å². The Kier molecular flexibility index (Phi) is 5.34. The van der Waals surface area contributed by atoms with Gasteiger partial charge in [-0.3, -0.25) is 4.79 Å². The molecular weight excluding hydrogens is 268 g/mol. The molecule has 6 nitrogen and oxygen atoms in total. The lowest BCUT2D eigenvalue weighted by molar-refractivity contribution is 0.288. The van der Waals surface area contributed by atoms with Gasteiger partial charge in [-0.05, 0) is 12.1 Å². The van der Waals surface area contributed by atoms with E-state index in [1.807, 2.05) is 42.3 Å². The molecule has 0 amide bonds. The van der Waals surface area contributed by atoms with E-state index in [4.69, 9.17) is 10.5 Å². The maximum absolute atomic E-state index is 12.0. The Morgan fingerprint density at radius 3 is 2.76 bits per heavy atom. The maximum atomic E-state index is 12.0. The number of hydrogen-bond acceptors (Lipinski definition) is 5. The molecule has 0 saturated carbocycles. The van der Waals surface area contributed by atoms with Gasteiger partial charge in [-0.2, -0.15) is 5.10 Å². The van der Waals surface area contributed by atoms with Crippen molar-refractivity contribution in [3.8, 4) is 5.75 Å². The Morgan fingerprint density at radius 1 is 1.33 bits per heavy atom. The minimum Gasteiger partial charge on any atom is -0.492 e. The van der Waals surface area contributed by atoms with Crippen LogP contribution in [0.3, 0.4) is 0 Å². The fraction of sp³-hybridized carbons (Fsp3) is 0.333. The molecule has 1 heterocycles. The molecule has 0 aliphatic rings. The Bertz CT molecular complexity index is 613. The highest BCUT2D eigenvalue weighted by Crippen LogP contribution is 2.08. The van der Waals surface area contributed by atoms with E-state index >= 15 is 0 Å². The van der Waals surface area contributed by atoms with Gasteiger partial charge in [-0.15, -0.1) is 0 Å². The topological polar surface area (TPSA) is 73.4 Å². The van der Waals surface area contributed by atoms with Crippen LogP contribution in [0.5, 0.6) is 5.75 Å². The van der Waals surface area contributed by atoms with Gasteiger partial charge in [0.1, 0.15) is 12.4 Å². The zero-order valence-corrected chi connectivity index (χ0v) is 12.1. The molecule has 0 radical (unpaired) electrons. The van der Waals surface area contributed by atoms with Crippen LogP contribution in [0, 0.1) is 0 Å². The number of likely N-dealkylation sites (N-methyl/N-ethyl adjacent to an activating group) is 1. The second kappa shape index (κ2) is 7.44. The molecule has 0 spiro atoms. The monoisotopic (exact) mass is 288 g/mol. The first-order valence-electron chi connectivity index (χ1n) is 6.87. The molecule has 21 heavy (non-hydrogen) atoms. The number of hydrogen-bond donors (Lipinski definition) is 1. The molecule has 0 fully saturated rings. The summed E-state index contributed by atoms with van der Waals surface area (Å²) in [5.41, 5.74) is 6.12. The van der Waals surface area contributed by atoms with Crippen molar-refractivity contribution < 1.29 is 4.74 Å². The quantitative estimate of drug-likeness (QED) is 0.812. The smallest absolute Gasteiger partial charge is 0.268 e. The summed E-state index contributed by atoms with van der Waals surface area (Å²) >= 11 is 0. The molecule has 6 heteroatoms. The van der Waals surface area contributed by atoms with Gasteiger partial charge >= 0.3 is 0 Å². The van der Waals surface area contributed by atoms with Crippen molar-refractivity contribution in [1.82, 2.24) is 9.78 Å². The molecule has 0 aliphatic carbocycles. The minimum atomic E-state index is -0.145. The predicted octanol–water partition coefficient (Wildman–Crippen LogP) is 0.717. The number of nitrogens with zero attached hydrogens (tertiary/aromatic N) is 3. The van der Waals surface area contributed by atoms with E-state index in [2.05, 4.69) is 5.10 Å². The second-order valence-corrected chi connectivity index (χ2v) is 4.65. The van der Waals surface area contributed by atoms with Crippen molar-refractivity contribution in [1.29, 1.82) is 0 Å². The van der Waals surface area contributed by atoms with E-state index in [1.54, 1.807) is 12.3 Å². The summed E-state index contributed by atoms with van der Waals surface area (Å²) in [6, 6.07) is 11.0. The fourth-order valence-corrected chi connectivity index (χ4v) is 1.89. The zero-order valence-electron chi connectivity index (χ0n) is 12.1. The molecular formula is C15H20N4O2. The number of rotatable bonds is 7. The van der Waals surface area contributed by atoms with Gasteiger partial charge in [0.05, 0.1) is 18.4 Å². The third-order valence-electron chi connectivity index (χ3n) is 3.08. The first-order valence-corrected chi connectivity index (χ1v) is 6.87. The second-order valence-electron chi connectivity index (χ2n) is 4.65. The van der Waals surface area contributed by atoms with Crippen molar-refractivity contribution in [3.05, 3.63) is 52.9 Å². The van der Waals surface area contributed by atoms with Crippen LogP contribution in [0.2, 0.25) is 0 Å². The van der Waals surface area contributed by atoms with Gasteiger partial charge in [0, 0.05) is 26.2 Å². The lowest BCUT2D eigenvalue weighted by Crippen LogP contribution is -2.29. The van der Waals surface area contributed by atoms with Gasteiger partial charge in [0.25, 0.3) is 5.56 Å². The molecule has 2 N–H and O–H groups in total. The van der Waals surface area contributed by atoms with Crippen LogP contribution in [0.15, 0.2) is 47.4 Å². The average molecular weight is 288 g/mol. The molecule has 2 rings (SSSR count). The summed E-state index contributed by atoms with van der Waals surface area (Å²) in [5, 5.41) is 4.15. The number of anilines is 1. The molecule has 112 valence electrons. The first kappa shape index (κ1) is 15.1. The van der Waals surface area contributed by atoms with Crippen LogP contribution >= 0.6 is 0 Å². The number of ether oxygens (including phenoxy) is 1. The van der Waals surface area contributed by atoms with Crippen molar-refractivity contribution in [2.75, 3.05) is 31.6 Å². The summed E-state index contributed by atoms with van der Waals surface area (Å²) in [5.74, 6) is 0.782. The van der Waals surface area contributed by atoms with E-state index in [0.717, 1.165) is 11.4 Å². The highest BCUT2D eigenvalue weighted by atomic mass is 16.5. The lowest BCUT2D eigenvalue weighted by atomic mass is 10.3. The zero-order chi connectivity index (χ0) is 15.1. The van der Waals surface area contributed by atoms with Crippen molar-refractivity contribution in [2.45, 2.75) is 6.54 Å². The summed E-state index contributed by atoms with van der Waals surface area (Å²) in [7, 11) is 1.88. The molecule has 0 bridgehead atoms. The van der Waals surface area contributed by atoms with Crippen LogP contribution < -0.4 is 20.9 Å².